The monoisotopic (exact) mass is 448 g/mol. The van der Waals surface area contributed by atoms with E-state index in [1.54, 1.807) is 30.0 Å². The van der Waals surface area contributed by atoms with Crippen molar-refractivity contribution >= 4 is 43.0 Å². The summed E-state index contributed by atoms with van der Waals surface area (Å²) in [6.45, 7) is 2.45. The van der Waals surface area contributed by atoms with Gasteiger partial charge in [-0.3, -0.25) is 14.7 Å². The lowest BCUT2D eigenvalue weighted by atomic mass is 10.2. The fourth-order valence-electron chi connectivity index (χ4n) is 1.97. The third kappa shape index (κ3) is 7.69. The van der Waals surface area contributed by atoms with Crippen LogP contribution in [0.2, 0.25) is 5.02 Å². The summed E-state index contributed by atoms with van der Waals surface area (Å²) >= 11 is 7.77. The summed E-state index contributed by atoms with van der Waals surface area (Å²) < 4.78 is 24.1. The minimum Gasteiger partial charge on any atom is -0.456 e. The van der Waals surface area contributed by atoms with E-state index >= 15 is 0 Å². The van der Waals surface area contributed by atoms with Crippen molar-refractivity contribution in [3.63, 3.8) is 0 Å². The standard InChI is InChI=1S/C15H15ClN2O3S.C2H7O3P/c1-3-17-13-8-10(4-6-14(13)18(19)20)21-15-7-5-11(22-2)9-12(15)16;1-4-6(3)5-2/h4-9,17H,3H2,1-2H3;6H,1-2H3. The number of ether oxygens (including phenoxy) is 1. The molecule has 0 amide bonds. The van der Waals surface area contributed by atoms with E-state index in [-0.39, 0.29) is 5.69 Å². The molecule has 0 heterocycles. The lowest BCUT2D eigenvalue weighted by Crippen LogP contribution is -2.01. The van der Waals surface area contributed by atoms with Gasteiger partial charge in [-0.2, -0.15) is 0 Å². The molecule has 0 bridgehead atoms. The summed E-state index contributed by atoms with van der Waals surface area (Å²) in [6.07, 6.45) is 1.96. The molecule has 2 aromatic rings. The summed E-state index contributed by atoms with van der Waals surface area (Å²) in [5.41, 5.74) is 0.430. The van der Waals surface area contributed by atoms with E-state index in [1.165, 1.54) is 20.3 Å². The molecule has 0 aliphatic rings. The predicted molar refractivity (Wildman–Crippen MR) is 114 cm³/mol. The highest BCUT2D eigenvalue weighted by molar-refractivity contribution is 7.98. The largest absolute Gasteiger partial charge is 0.456 e. The van der Waals surface area contributed by atoms with Crippen molar-refractivity contribution in [3.8, 4) is 11.5 Å². The topological polar surface area (TPSA) is 99.9 Å². The van der Waals surface area contributed by atoms with E-state index in [2.05, 4.69) is 14.4 Å². The number of hydrogen-bond donors (Lipinski definition) is 1. The van der Waals surface area contributed by atoms with E-state index < -0.39 is 13.2 Å². The molecule has 0 spiro atoms. The molecule has 154 valence electrons. The van der Waals surface area contributed by atoms with Crippen LogP contribution in [0.3, 0.4) is 0 Å². The van der Waals surface area contributed by atoms with Crippen LogP contribution in [0.15, 0.2) is 41.3 Å². The Labute approximate surface area is 173 Å². The van der Waals surface area contributed by atoms with Crippen molar-refractivity contribution in [2.45, 2.75) is 11.8 Å². The Kier molecular flexibility index (Phi) is 11.0. The average Bonchev–Trinajstić information content (AvgIpc) is 2.69. The molecule has 0 aliphatic carbocycles. The van der Waals surface area contributed by atoms with E-state index in [4.69, 9.17) is 16.3 Å². The predicted octanol–water partition coefficient (Wildman–Crippen LogP) is 5.86. The fourth-order valence-corrected chi connectivity index (χ4v) is 2.86. The summed E-state index contributed by atoms with van der Waals surface area (Å²) in [7, 11) is 0.558. The van der Waals surface area contributed by atoms with Crippen LogP contribution in [0.1, 0.15) is 6.92 Å². The summed E-state index contributed by atoms with van der Waals surface area (Å²) in [6, 6.07) is 10.1. The SMILES string of the molecule is CCNc1cc(Oc2ccc(SC)cc2Cl)ccc1[N+](=O)[O-].CO[PH](=O)OC. The van der Waals surface area contributed by atoms with E-state index in [9.17, 15) is 14.7 Å². The van der Waals surface area contributed by atoms with Gasteiger partial charge in [0.15, 0.2) is 0 Å². The van der Waals surface area contributed by atoms with Gasteiger partial charge in [0, 0.05) is 37.8 Å². The molecule has 0 aromatic heterocycles. The van der Waals surface area contributed by atoms with E-state index in [1.807, 2.05) is 25.3 Å². The van der Waals surface area contributed by atoms with Crippen molar-refractivity contribution in [1.82, 2.24) is 0 Å². The van der Waals surface area contributed by atoms with Crippen LogP contribution in [0.4, 0.5) is 11.4 Å². The molecular formula is C17H22ClN2O6PS. The fraction of sp³-hybridized carbons (Fsp3) is 0.294. The van der Waals surface area contributed by atoms with Gasteiger partial charge in [-0.1, -0.05) is 11.6 Å². The maximum atomic E-state index is 11.0. The molecule has 8 nitrogen and oxygen atoms in total. The summed E-state index contributed by atoms with van der Waals surface area (Å²) in [5.74, 6) is 0.996. The number of nitrogens with one attached hydrogen (secondary N) is 1. The quantitative estimate of drug-likeness (QED) is 0.232. The second-order valence-electron chi connectivity index (χ2n) is 5.02. The Morgan fingerprint density at radius 3 is 2.36 bits per heavy atom. The number of anilines is 1. The Morgan fingerprint density at radius 1 is 1.21 bits per heavy atom. The number of nitrogens with zero attached hydrogens (tertiary/aromatic N) is 1. The molecule has 0 saturated carbocycles. The number of thioether (sulfide) groups is 1. The average molecular weight is 449 g/mol. The lowest BCUT2D eigenvalue weighted by Gasteiger charge is -2.11. The maximum absolute atomic E-state index is 11.0. The molecule has 0 aliphatic heterocycles. The highest BCUT2D eigenvalue weighted by Crippen LogP contribution is 2.35. The van der Waals surface area contributed by atoms with Gasteiger partial charge in [0.25, 0.3) is 5.69 Å². The Hall–Kier alpha value is -1.77. The highest BCUT2D eigenvalue weighted by atomic mass is 35.5. The van der Waals surface area contributed by atoms with Gasteiger partial charge >= 0.3 is 8.25 Å². The number of hydrogen-bond acceptors (Lipinski definition) is 8. The van der Waals surface area contributed by atoms with Crippen molar-refractivity contribution in [3.05, 3.63) is 51.5 Å². The molecule has 2 rings (SSSR count). The molecule has 0 fully saturated rings. The van der Waals surface area contributed by atoms with Crippen molar-refractivity contribution < 1.29 is 23.3 Å². The normalized spacial score (nSPS) is 10.2. The van der Waals surface area contributed by atoms with Crippen LogP contribution >= 0.6 is 31.6 Å². The van der Waals surface area contributed by atoms with E-state index in [0.29, 0.717) is 28.8 Å². The molecule has 2 aromatic carbocycles. The first-order chi connectivity index (χ1) is 13.4. The smallest absolute Gasteiger partial charge is 0.318 e. The van der Waals surface area contributed by atoms with Crippen LogP contribution in [0.5, 0.6) is 11.5 Å². The second kappa shape index (κ2) is 12.6. The third-order valence-electron chi connectivity index (χ3n) is 3.23. The van der Waals surface area contributed by atoms with Gasteiger partial charge in [-0.15, -0.1) is 11.8 Å². The number of nitro groups is 1. The van der Waals surface area contributed by atoms with Crippen LogP contribution in [-0.2, 0) is 13.6 Å². The zero-order valence-electron chi connectivity index (χ0n) is 15.9. The Bertz CT molecular complexity index is 818. The highest BCUT2D eigenvalue weighted by Gasteiger charge is 2.15. The molecule has 1 N–H and O–H groups in total. The van der Waals surface area contributed by atoms with Gasteiger partial charge < -0.3 is 19.1 Å². The summed E-state index contributed by atoms with van der Waals surface area (Å²) in [4.78, 5) is 11.6. The molecular weight excluding hydrogens is 427 g/mol. The Balaban J connectivity index is 0.000000568. The zero-order valence-corrected chi connectivity index (χ0v) is 18.4. The van der Waals surface area contributed by atoms with Crippen molar-refractivity contribution in [2.24, 2.45) is 0 Å². The minimum absolute atomic E-state index is 0.0121. The van der Waals surface area contributed by atoms with Crippen molar-refractivity contribution in [1.29, 1.82) is 0 Å². The number of rotatable bonds is 8. The number of halogens is 1. The first kappa shape index (κ1) is 24.3. The van der Waals surface area contributed by atoms with Crippen LogP contribution in [0.25, 0.3) is 0 Å². The van der Waals surface area contributed by atoms with Gasteiger partial charge in [0.05, 0.1) is 9.95 Å². The van der Waals surface area contributed by atoms with Gasteiger partial charge in [0.2, 0.25) is 0 Å². The molecule has 0 unspecified atom stereocenters. The van der Waals surface area contributed by atoms with Gasteiger partial charge in [-0.05, 0) is 37.4 Å². The Morgan fingerprint density at radius 2 is 1.89 bits per heavy atom. The molecule has 11 heteroatoms. The first-order valence-electron chi connectivity index (χ1n) is 8.01. The first-order valence-corrected chi connectivity index (χ1v) is 10.8. The van der Waals surface area contributed by atoms with Gasteiger partial charge in [-0.25, -0.2) is 0 Å². The summed E-state index contributed by atoms with van der Waals surface area (Å²) in [5, 5.41) is 14.4. The van der Waals surface area contributed by atoms with Gasteiger partial charge in [0.1, 0.15) is 17.2 Å². The molecule has 0 radical (unpaired) electrons. The third-order valence-corrected chi connectivity index (χ3v) is 4.92. The molecule has 0 saturated heterocycles. The number of nitro benzene ring substituents is 1. The van der Waals surface area contributed by atoms with Crippen molar-refractivity contribution in [2.75, 3.05) is 32.3 Å². The van der Waals surface area contributed by atoms with Crippen LogP contribution < -0.4 is 10.1 Å². The van der Waals surface area contributed by atoms with Crippen LogP contribution in [0, 0.1) is 10.1 Å². The lowest BCUT2D eigenvalue weighted by molar-refractivity contribution is -0.384. The minimum atomic E-state index is -2.12. The van der Waals surface area contributed by atoms with Crippen LogP contribution in [-0.4, -0.2) is 31.9 Å². The second-order valence-corrected chi connectivity index (χ2v) is 7.63. The maximum Gasteiger partial charge on any atom is 0.318 e. The zero-order chi connectivity index (χ0) is 21.1. The number of benzene rings is 2. The molecule has 28 heavy (non-hydrogen) atoms. The molecule has 0 atom stereocenters. The van der Waals surface area contributed by atoms with E-state index in [0.717, 1.165) is 4.90 Å².